The Morgan fingerprint density at radius 2 is 2.27 bits per heavy atom. The van der Waals surface area contributed by atoms with Crippen molar-refractivity contribution in [1.29, 1.82) is 0 Å². The van der Waals surface area contributed by atoms with E-state index in [1.807, 2.05) is 6.08 Å². The fourth-order valence-corrected chi connectivity index (χ4v) is 5.76. The number of carbonyl (C=O) groups excluding carboxylic acids is 2. The maximum atomic E-state index is 12.4. The van der Waals surface area contributed by atoms with Crippen molar-refractivity contribution < 1.29 is 19.4 Å². The molecule has 168 valence electrons. The van der Waals surface area contributed by atoms with Gasteiger partial charge in [-0.25, -0.2) is 9.78 Å². The molecule has 5 nitrogen and oxygen atoms in total. The number of hydrogen-bond acceptors (Lipinski definition) is 7. The fourth-order valence-electron chi connectivity index (χ4n) is 3.87. The number of thioether (sulfide) groups is 1. The monoisotopic (exact) mass is 453 g/mol. The lowest BCUT2D eigenvalue weighted by Gasteiger charge is -2.16. The van der Waals surface area contributed by atoms with E-state index < -0.39 is 6.10 Å². The summed E-state index contributed by atoms with van der Waals surface area (Å²) in [5.41, 5.74) is 0.351. The van der Waals surface area contributed by atoms with Crippen LogP contribution in [0.3, 0.4) is 0 Å². The van der Waals surface area contributed by atoms with Crippen LogP contribution in [0.15, 0.2) is 21.9 Å². The number of aliphatic hydroxyl groups is 1. The Bertz CT molecular complexity index is 703. The second-order valence-corrected chi connectivity index (χ2v) is 10.3. The molecule has 0 aliphatic heterocycles. The number of thiazole rings is 1. The number of carbonyl (C=O) groups is 2. The second kappa shape index (κ2) is 13.3. The molecule has 1 aromatic rings. The fraction of sp³-hybridized carbons (Fsp3) is 0.696. The van der Waals surface area contributed by atoms with Crippen molar-refractivity contribution in [3.05, 3.63) is 23.2 Å². The maximum absolute atomic E-state index is 12.4. The number of ketones is 1. The smallest absolute Gasteiger partial charge is 0.357 e. The van der Waals surface area contributed by atoms with Gasteiger partial charge in [-0.15, -0.1) is 11.3 Å². The molecule has 1 aromatic heterocycles. The molecule has 1 aliphatic carbocycles. The number of esters is 1. The summed E-state index contributed by atoms with van der Waals surface area (Å²) in [5, 5.41) is 12.0. The minimum atomic E-state index is -0.431. The van der Waals surface area contributed by atoms with E-state index in [2.05, 4.69) is 24.9 Å². The maximum Gasteiger partial charge on any atom is 0.357 e. The molecule has 7 heteroatoms. The van der Waals surface area contributed by atoms with E-state index in [0.29, 0.717) is 30.4 Å². The number of rotatable bonds is 13. The van der Waals surface area contributed by atoms with Gasteiger partial charge in [0, 0.05) is 23.5 Å². The topological polar surface area (TPSA) is 76.5 Å². The molecule has 0 spiro atoms. The van der Waals surface area contributed by atoms with Crippen LogP contribution in [0.4, 0.5) is 0 Å². The molecular formula is C23H35NO4S2. The van der Waals surface area contributed by atoms with Gasteiger partial charge in [-0.05, 0) is 38.0 Å². The molecule has 1 fully saturated rings. The highest BCUT2D eigenvalue weighted by molar-refractivity contribution is 8.01. The number of Topliss-reactive ketones (excluding diaryl/α,β-unsaturated/α-hetero) is 1. The van der Waals surface area contributed by atoms with Gasteiger partial charge in [0.15, 0.2) is 10.0 Å². The molecule has 1 N–H and O–H groups in total. The Hall–Kier alpha value is -1.18. The molecule has 4 atom stereocenters. The lowest BCUT2D eigenvalue weighted by Crippen LogP contribution is -2.15. The predicted octanol–water partition coefficient (Wildman–Crippen LogP) is 5.53. The summed E-state index contributed by atoms with van der Waals surface area (Å²) in [6.07, 6.45) is 10.1. The van der Waals surface area contributed by atoms with Gasteiger partial charge in [-0.1, -0.05) is 57.0 Å². The average molecular weight is 454 g/mol. The average Bonchev–Trinajstić information content (AvgIpc) is 3.32. The first kappa shape index (κ1) is 25.1. The standard InChI is InChI=1S/C23H35NO4S2/c1-4-6-7-16(3)14-18(25)10-8-17-9-11-21(26)19(17)12-13-29-23-24-20(15-30-23)22(27)28-5-2/h8,10,15-19,25H,4-7,9,11-14H2,1-3H3/t16-,17-,18+,19+/m0/s1. The Kier molecular flexibility index (Phi) is 11.1. The third kappa shape index (κ3) is 8.16. The van der Waals surface area contributed by atoms with Gasteiger partial charge in [0.05, 0.1) is 12.7 Å². The normalized spacial score (nSPS) is 21.3. The zero-order valence-electron chi connectivity index (χ0n) is 18.3. The molecule has 30 heavy (non-hydrogen) atoms. The van der Waals surface area contributed by atoms with Crippen molar-refractivity contribution in [1.82, 2.24) is 4.98 Å². The summed E-state index contributed by atoms with van der Waals surface area (Å²) in [7, 11) is 0. The summed E-state index contributed by atoms with van der Waals surface area (Å²) in [5.74, 6) is 1.46. The number of ether oxygens (including phenoxy) is 1. The van der Waals surface area contributed by atoms with Crippen molar-refractivity contribution in [2.24, 2.45) is 17.8 Å². The number of unbranched alkanes of at least 4 members (excludes halogenated alkanes) is 1. The summed E-state index contributed by atoms with van der Waals surface area (Å²) in [6.45, 7) is 6.49. The van der Waals surface area contributed by atoms with Crippen molar-refractivity contribution in [3.8, 4) is 0 Å². The lowest BCUT2D eigenvalue weighted by molar-refractivity contribution is -0.121. The number of hydrogen-bond donors (Lipinski definition) is 1. The third-order valence-electron chi connectivity index (χ3n) is 5.55. The van der Waals surface area contributed by atoms with Gasteiger partial charge in [0.2, 0.25) is 0 Å². The van der Waals surface area contributed by atoms with Crippen LogP contribution in [0.2, 0.25) is 0 Å². The highest BCUT2D eigenvalue weighted by Gasteiger charge is 2.32. The van der Waals surface area contributed by atoms with Crippen LogP contribution in [0.5, 0.6) is 0 Å². The molecule has 0 aromatic carbocycles. The van der Waals surface area contributed by atoms with Crippen LogP contribution in [0.25, 0.3) is 0 Å². The highest BCUT2D eigenvalue weighted by atomic mass is 32.2. The SMILES string of the molecule is CCCC[C@H](C)C[C@H](O)C=C[C@H]1CCC(=O)[C@@H]1CCSc1nc(C(=O)OCC)cs1. The Morgan fingerprint density at radius 1 is 1.47 bits per heavy atom. The van der Waals surface area contributed by atoms with Crippen LogP contribution < -0.4 is 0 Å². The zero-order chi connectivity index (χ0) is 21.9. The van der Waals surface area contributed by atoms with Crippen LogP contribution in [-0.4, -0.2) is 40.3 Å². The van der Waals surface area contributed by atoms with Crippen LogP contribution in [-0.2, 0) is 9.53 Å². The Labute approximate surface area is 188 Å². The minimum Gasteiger partial charge on any atom is -0.461 e. The van der Waals surface area contributed by atoms with Crippen LogP contribution in [0, 0.1) is 17.8 Å². The number of aromatic nitrogens is 1. The number of aliphatic hydroxyl groups excluding tert-OH is 1. The first-order valence-electron chi connectivity index (χ1n) is 11.1. The predicted molar refractivity (Wildman–Crippen MR) is 123 cm³/mol. The Balaban J connectivity index is 1.80. The summed E-state index contributed by atoms with van der Waals surface area (Å²) < 4.78 is 5.79. The summed E-state index contributed by atoms with van der Waals surface area (Å²) >= 11 is 3.01. The minimum absolute atomic E-state index is 0.0166. The first-order valence-corrected chi connectivity index (χ1v) is 13.0. The lowest BCUT2D eigenvalue weighted by atomic mass is 9.91. The zero-order valence-corrected chi connectivity index (χ0v) is 20.0. The molecule has 1 saturated carbocycles. The van der Waals surface area contributed by atoms with E-state index >= 15 is 0 Å². The number of allylic oxidation sites excluding steroid dienone is 1. The number of nitrogens with zero attached hydrogens (tertiary/aromatic N) is 1. The summed E-state index contributed by atoms with van der Waals surface area (Å²) in [6, 6.07) is 0. The van der Waals surface area contributed by atoms with E-state index in [9.17, 15) is 14.7 Å². The first-order chi connectivity index (χ1) is 14.4. The van der Waals surface area contributed by atoms with Gasteiger partial charge in [0.25, 0.3) is 0 Å². The van der Waals surface area contributed by atoms with Crippen molar-refractivity contribution in [3.63, 3.8) is 0 Å². The van der Waals surface area contributed by atoms with E-state index in [-0.39, 0.29) is 17.8 Å². The molecule has 0 unspecified atom stereocenters. The van der Waals surface area contributed by atoms with Gasteiger partial charge >= 0.3 is 5.97 Å². The van der Waals surface area contributed by atoms with Crippen LogP contribution in [0.1, 0.15) is 76.2 Å². The molecule has 0 radical (unpaired) electrons. The van der Waals surface area contributed by atoms with Gasteiger partial charge < -0.3 is 9.84 Å². The third-order valence-corrected chi connectivity index (χ3v) is 7.61. The molecule has 0 bridgehead atoms. The summed E-state index contributed by atoms with van der Waals surface area (Å²) in [4.78, 5) is 28.4. The largest absolute Gasteiger partial charge is 0.461 e. The van der Waals surface area contributed by atoms with Crippen molar-refractivity contribution in [2.75, 3.05) is 12.4 Å². The molecule has 0 saturated heterocycles. The van der Waals surface area contributed by atoms with Gasteiger partial charge in [0.1, 0.15) is 5.78 Å². The molecule has 0 amide bonds. The van der Waals surface area contributed by atoms with E-state index in [1.54, 1.807) is 24.1 Å². The van der Waals surface area contributed by atoms with Crippen molar-refractivity contribution in [2.45, 2.75) is 76.2 Å². The van der Waals surface area contributed by atoms with Crippen molar-refractivity contribution >= 4 is 34.9 Å². The quantitative estimate of drug-likeness (QED) is 0.240. The van der Waals surface area contributed by atoms with Gasteiger partial charge in [-0.2, -0.15) is 0 Å². The molecule has 1 aliphatic rings. The van der Waals surface area contributed by atoms with E-state index in [1.165, 1.54) is 24.2 Å². The van der Waals surface area contributed by atoms with E-state index in [4.69, 9.17) is 4.74 Å². The van der Waals surface area contributed by atoms with Gasteiger partial charge in [-0.3, -0.25) is 4.79 Å². The highest BCUT2D eigenvalue weighted by Crippen LogP contribution is 2.35. The van der Waals surface area contributed by atoms with Crippen LogP contribution >= 0.6 is 23.1 Å². The van der Waals surface area contributed by atoms with E-state index in [0.717, 1.165) is 35.8 Å². The Morgan fingerprint density at radius 3 is 3.00 bits per heavy atom. The molecular weight excluding hydrogens is 418 g/mol. The molecule has 2 rings (SSSR count). The second-order valence-electron chi connectivity index (χ2n) is 8.07. The molecule has 1 heterocycles.